The number of aryl methyl sites for hydroxylation is 1. The summed E-state index contributed by atoms with van der Waals surface area (Å²) in [5.41, 5.74) is 2.62. The van der Waals surface area contributed by atoms with Gasteiger partial charge in [0, 0.05) is 5.69 Å². The minimum Gasteiger partial charge on any atom is -0.506 e. The van der Waals surface area contributed by atoms with E-state index in [0.717, 1.165) is 11.1 Å². The summed E-state index contributed by atoms with van der Waals surface area (Å²) in [6.45, 7) is 5.84. The average molecular weight is 312 g/mol. The van der Waals surface area contributed by atoms with Gasteiger partial charge in [0.05, 0.1) is 5.69 Å². The Bertz CT molecular complexity index is 739. The number of anilines is 2. The molecule has 5 heteroatoms. The van der Waals surface area contributed by atoms with E-state index in [9.17, 15) is 14.7 Å². The Morgan fingerprint density at radius 3 is 2.17 bits per heavy atom. The molecule has 0 saturated heterocycles. The maximum Gasteiger partial charge on any atom is 0.314 e. The van der Waals surface area contributed by atoms with Gasteiger partial charge in [-0.3, -0.25) is 9.59 Å². The smallest absolute Gasteiger partial charge is 0.314 e. The second-order valence-electron chi connectivity index (χ2n) is 5.67. The molecule has 0 aliphatic rings. The van der Waals surface area contributed by atoms with Crippen molar-refractivity contribution < 1.29 is 14.7 Å². The molecule has 0 heterocycles. The highest BCUT2D eigenvalue weighted by Gasteiger charge is 2.17. The van der Waals surface area contributed by atoms with Gasteiger partial charge in [0.1, 0.15) is 5.75 Å². The largest absolute Gasteiger partial charge is 0.506 e. The summed E-state index contributed by atoms with van der Waals surface area (Å²) < 4.78 is 0. The van der Waals surface area contributed by atoms with Crippen molar-refractivity contribution in [3.05, 3.63) is 53.6 Å². The molecule has 0 unspecified atom stereocenters. The zero-order valence-corrected chi connectivity index (χ0v) is 13.4. The van der Waals surface area contributed by atoms with Gasteiger partial charge in [0.2, 0.25) is 0 Å². The molecule has 0 saturated carbocycles. The van der Waals surface area contributed by atoms with Crippen LogP contribution in [0.4, 0.5) is 11.4 Å². The first-order valence-corrected chi connectivity index (χ1v) is 7.39. The lowest BCUT2D eigenvalue weighted by molar-refractivity contribution is -0.133. The average Bonchev–Trinajstić information content (AvgIpc) is 2.50. The molecule has 3 N–H and O–H groups in total. The molecule has 0 spiro atoms. The first kappa shape index (κ1) is 16.5. The molecule has 0 aliphatic carbocycles. The lowest BCUT2D eigenvalue weighted by atomic mass is 10.0. The van der Waals surface area contributed by atoms with Crippen molar-refractivity contribution in [2.75, 3.05) is 10.6 Å². The number of hydrogen-bond acceptors (Lipinski definition) is 3. The molecule has 0 atom stereocenters. The van der Waals surface area contributed by atoms with Crippen LogP contribution in [0.15, 0.2) is 42.5 Å². The molecule has 2 aromatic rings. The highest BCUT2D eigenvalue weighted by molar-refractivity contribution is 6.43. The molecule has 0 aliphatic heterocycles. The SMILES string of the molecule is Cc1ccc(NC(=O)C(=O)Nc2ccccc2C(C)C)c(O)c1. The van der Waals surface area contributed by atoms with E-state index >= 15 is 0 Å². The van der Waals surface area contributed by atoms with Crippen LogP contribution >= 0.6 is 0 Å². The van der Waals surface area contributed by atoms with Crippen molar-refractivity contribution in [2.24, 2.45) is 0 Å². The van der Waals surface area contributed by atoms with Crippen molar-refractivity contribution in [3.8, 4) is 5.75 Å². The van der Waals surface area contributed by atoms with Crippen LogP contribution in [-0.4, -0.2) is 16.9 Å². The van der Waals surface area contributed by atoms with E-state index in [1.165, 1.54) is 6.07 Å². The summed E-state index contributed by atoms with van der Waals surface area (Å²) in [5, 5.41) is 14.8. The van der Waals surface area contributed by atoms with E-state index in [-0.39, 0.29) is 17.4 Å². The number of hydrogen-bond donors (Lipinski definition) is 3. The fourth-order valence-corrected chi connectivity index (χ4v) is 2.22. The lowest BCUT2D eigenvalue weighted by Gasteiger charge is -2.13. The minimum absolute atomic E-state index is 0.0752. The number of aromatic hydroxyl groups is 1. The summed E-state index contributed by atoms with van der Waals surface area (Å²) >= 11 is 0. The Kier molecular flexibility index (Phi) is 5.01. The van der Waals surface area contributed by atoms with Crippen molar-refractivity contribution >= 4 is 23.2 Å². The highest BCUT2D eigenvalue weighted by atomic mass is 16.3. The van der Waals surface area contributed by atoms with Crippen LogP contribution in [0.2, 0.25) is 0 Å². The standard InChI is InChI=1S/C18H20N2O3/c1-11(2)13-6-4-5-7-14(13)19-17(22)18(23)20-15-9-8-12(3)10-16(15)21/h4-11,21H,1-3H3,(H,19,22)(H,20,23). The van der Waals surface area contributed by atoms with Gasteiger partial charge in [-0.05, 0) is 42.2 Å². The number of phenolic OH excluding ortho intramolecular Hbond substituents is 1. The molecule has 120 valence electrons. The number of benzene rings is 2. The Labute approximate surface area is 135 Å². The number of carbonyl (C=O) groups is 2. The molecule has 2 rings (SSSR count). The van der Waals surface area contributed by atoms with Crippen LogP contribution in [0.5, 0.6) is 5.75 Å². The van der Waals surface area contributed by atoms with Crippen molar-refractivity contribution in [2.45, 2.75) is 26.7 Å². The van der Waals surface area contributed by atoms with E-state index in [1.807, 2.05) is 32.9 Å². The fraction of sp³-hybridized carbons (Fsp3) is 0.222. The van der Waals surface area contributed by atoms with Crippen molar-refractivity contribution in [3.63, 3.8) is 0 Å². The summed E-state index contributed by atoms with van der Waals surface area (Å²) in [5.74, 6) is -1.47. The molecule has 0 fully saturated rings. The molecule has 0 radical (unpaired) electrons. The van der Waals surface area contributed by atoms with Gasteiger partial charge in [-0.25, -0.2) is 0 Å². The van der Waals surface area contributed by atoms with Gasteiger partial charge < -0.3 is 15.7 Å². The lowest BCUT2D eigenvalue weighted by Crippen LogP contribution is -2.29. The summed E-state index contributed by atoms with van der Waals surface area (Å²) in [6, 6.07) is 12.1. The van der Waals surface area contributed by atoms with E-state index < -0.39 is 11.8 Å². The van der Waals surface area contributed by atoms with Gasteiger partial charge in [0.15, 0.2) is 0 Å². The molecule has 0 aromatic heterocycles. The normalized spacial score (nSPS) is 10.4. The van der Waals surface area contributed by atoms with Crippen LogP contribution in [0.1, 0.15) is 30.9 Å². The maximum absolute atomic E-state index is 12.1. The molecule has 0 bridgehead atoms. The first-order chi connectivity index (χ1) is 10.9. The summed E-state index contributed by atoms with van der Waals surface area (Å²) in [4.78, 5) is 24.1. The molecule has 5 nitrogen and oxygen atoms in total. The third-order valence-corrected chi connectivity index (χ3v) is 3.44. The van der Waals surface area contributed by atoms with E-state index in [4.69, 9.17) is 0 Å². The Balaban J connectivity index is 2.10. The molecular formula is C18H20N2O3. The fourth-order valence-electron chi connectivity index (χ4n) is 2.22. The van der Waals surface area contributed by atoms with Gasteiger partial charge in [0.25, 0.3) is 0 Å². The molecule has 2 amide bonds. The Morgan fingerprint density at radius 2 is 1.57 bits per heavy atom. The van der Waals surface area contributed by atoms with Gasteiger partial charge in [-0.1, -0.05) is 38.1 Å². The second-order valence-corrected chi connectivity index (χ2v) is 5.67. The number of nitrogens with one attached hydrogen (secondary N) is 2. The molecular weight excluding hydrogens is 292 g/mol. The minimum atomic E-state index is -0.831. The number of rotatable bonds is 3. The van der Waals surface area contributed by atoms with Crippen LogP contribution in [0, 0.1) is 6.92 Å². The van der Waals surface area contributed by atoms with E-state index in [2.05, 4.69) is 10.6 Å². The number of phenols is 1. The first-order valence-electron chi connectivity index (χ1n) is 7.39. The van der Waals surface area contributed by atoms with Crippen LogP contribution in [-0.2, 0) is 9.59 Å². The van der Waals surface area contributed by atoms with E-state index in [1.54, 1.807) is 24.3 Å². The Morgan fingerprint density at radius 1 is 0.957 bits per heavy atom. The summed E-state index contributed by atoms with van der Waals surface area (Å²) in [7, 11) is 0. The zero-order valence-electron chi connectivity index (χ0n) is 13.4. The van der Waals surface area contributed by atoms with Gasteiger partial charge >= 0.3 is 11.8 Å². The number of para-hydroxylation sites is 1. The predicted octanol–water partition coefficient (Wildman–Crippen LogP) is 3.40. The van der Waals surface area contributed by atoms with Crippen LogP contribution < -0.4 is 10.6 Å². The second kappa shape index (κ2) is 6.96. The Hall–Kier alpha value is -2.82. The topological polar surface area (TPSA) is 78.4 Å². The molecule has 23 heavy (non-hydrogen) atoms. The van der Waals surface area contributed by atoms with Gasteiger partial charge in [-0.2, -0.15) is 0 Å². The quantitative estimate of drug-likeness (QED) is 0.600. The monoisotopic (exact) mass is 312 g/mol. The van der Waals surface area contributed by atoms with Crippen molar-refractivity contribution in [1.29, 1.82) is 0 Å². The number of carbonyl (C=O) groups excluding carboxylic acids is 2. The van der Waals surface area contributed by atoms with Crippen molar-refractivity contribution in [1.82, 2.24) is 0 Å². The third-order valence-electron chi connectivity index (χ3n) is 3.44. The number of amides is 2. The summed E-state index contributed by atoms with van der Waals surface area (Å²) in [6.07, 6.45) is 0. The maximum atomic E-state index is 12.1. The van der Waals surface area contributed by atoms with Crippen LogP contribution in [0.3, 0.4) is 0 Å². The van der Waals surface area contributed by atoms with Gasteiger partial charge in [-0.15, -0.1) is 0 Å². The highest BCUT2D eigenvalue weighted by Crippen LogP contribution is 2.25. The van der Waals surface area contributed by atoms with E-state index in [0.29, 0.717) is 5.69 Å². The molecule has 2 aromatic carbocycles. The van der Waals surface area contributed by atoms with Crippen LogP contribution in [0.25, 0.3) is 0 Å². The zero-order chi connectivity index (χ0) is 17.0. The third kappa shape index (κ3) is 4.10. The predicted molar refractivity (Wildman–Crippen MR) is 90.6 cm³/mol.